The smallest absolute Gasteiger partial charge is 0.261 e. The summed E-state index contributed by atoms with van der Waals surface area (Å²) in [6, 6.07) is 35.4. The number of rotatable bonds is 7. The average Bonchev–Trinajstić information content (AvgIpc) is 3.37. The molecule has 45 heavy (non-hydrogen) atoms. The summed E-state index contributed by atoms with van der Waals surface area (Å²) in [4.78, 5) is 15.6. The molecule has 4 aromatic carbocycles. The Bertz CT molecular complexity index is 1600. The van der Waals surface area contributed by atoms with Crippen molar-refractivity contribution in [2.45, 2.75) is 68.5 Å². The SMILES string of the molecule is CC(C)(C)[Si](OC1CCC2(CC1)CCN(C(Cl)(Cl)c1ccc(-c3ccccc3)c(F)c1)C2=O)(c1ccccc1)c1ccccc1. The Labute approximate surface area is 277 Å². The minimum absolute atomic E-state index is 0.0279. The summed E-state index contributed by atoms with van der Waals surface area (Å²) in [5, 5.41) is 2.39. The number of alkyl halides is 2. The lowest BCUT2D eigenvalue weighted by Crippen LogP contribution is -2.68. The Morgan fingerprint density at radius 3 is 1.84 bits per heavy atom. The number of amides is 1. The van der Waals surface area contributed by atoms with Gasteiger partial charge in [0, 0.05) is 23.8 Å². The molecule has 0 N–H and O–H groups in total. The zero-order chi connectivity index (χ0) is 31.9. The molecule has 7 heteroatoms. The molecule has 2 aliphatic rings. The predicted molar refractivity (Wildman–Crippen MR) is 185 cm³/mol. The second-order valence-corrected chi connectivity index (χ2v) is 19.1. The molecule has 1 spiro atoms. The molecule has 3 nitrogen and oxygen atoms in total. The Morgan fingerprint density at radius 1 is 0.800 bits per heavy atom. The van der Waals surface area contributed by atoms with Gasteiger partial charge in [0.25, 0.3) is 8.32 Å². The molecule has 1 amide bonds. The molecule has 0 unspecified atom stereocenters. The van der Waals surface area contributed by atoms with Gasteiger partial charge in [0.1, 0.15) is 5.82 Å². The summed E-state index contributed by atoms with van der Waals surface area (Å²) >= 11 is 13.8. The van der Waals surface area contributed by atoms with E-state index in [1.165, 1.54) is 21.3 Å². The maximum atomic E-state index is 15.3. The van der Waals surface area contributed by atoms with Crippen molar-refractivity contribution in [3.8, 4) is 11.1 Å². The third kappa shape index (κ3) is 5.78. The number of hydrogen-bond donors (Lipinski definition) is 0. The van der Waals surface area contributed by atoms with Crippen LogP contribution in [0.2, 0.25) is 5.04 Å². The van der Waals surface area contributed by atoms with Crippen LogP contribution >= 0.6 is 23.2 Å². The largest absolute Gasteiger partial charge is 0.404 e. The summed E-state index contributed by atoms with van der Waals surface area (Å²) < 4.78 is 21.0. The van der Waals surface area contributed by atoms with Crippen molar-refractivity contribution in [3.05, 3.63) is 121 Å². The first-order valence-electron chi connectivity index (χ1n) is 15.8. The highest BCUT2D eigenvalue weighted by Gasteiger charge is 2.56. The van der Waals surface area contributed by atoms with E-state index < -0.39 is 24.0 Å². The van der Waals surface area contributed by atoms with E-state index in [4.69, 9.17) is 27.6 Å². The van der Waals surface area contributed by atoms with Crippen molar-refractivity contribution < 1.29 is 13.6 Å². The highest BCUT2D eigenvalue weighted by molar-refractivity contribution is 6.99. The minimum Gasteiger partial charge on any atom is -0.404 e. The topological polar surface area (TPSA) is 29.5 Å². The molecule has 2 fully saturated rings. The third-order valence-corrected chi connectivity index (χ3v) is 15.8. The van der Waals surface area contributed by atoms with Crippen LogP contribution in [0.15, 0.2) is 109 Å². The quantitative estimate of drug-likeness (QED) is 0.113. The summed E-state index contributed by atoms with van der Waals surface area (Å²) in [6.07, 6.45) is 3.67. The number of benzene rings is 4. The number of halogens is 3. The number of likely N-dealkylation sites (tertiary alicyclic amines) is 1. The van der Waals surface area contributed by atoms with Gasteiger partial charge in [-0.25, -0.2) is 4.39 Å². The molecule has 1 saturated carbocycles. The second-order valence-electron chi connectivity index (χ2n) is 13.6. The van der Waals surface area contributed by atoms with E-state index in [1.807, 2.05) is 30.3 Å². The van der Waals surface area contributed by atoms with E-state index in [9.17, 15) is 4.79 Å². The van der Waals surface area contributed by atoms with Crippen LogP contribution in [0.25, 0.3) is 11.1 Å². The monoisotopic (exact) mass is 659 g/mol. The fourth-order valence-electron chi connectivity index (χ4n) is 7.47. The first-order valence-corrected chi connectivity index (χ1v) is 18.5. The van der Waals surface area contributed by atoms with Crippen LogP contribution in [0.1, 0.15) is 58.4 Å². The van der Waals surface area contributed by atoms with Crippen molar-refractivity contribution in [3.63, 3.8) is 0 Å². The number of nitrogens with zero attached hydrogens (tertiary/aromatic N) is 1. The van der Waals surface area contributed by atoms with Crippen LogP contribution in [0.4, 0.5) is 4.39 Å². The zero-order valence-corrected chi connectivity index (χ0v) is 28.6. The Morgan fingerprint density at radius 2 is 1.33 bits per heavy atom. The van der Waals surface area contributed by atoms with E-state index in [2.05, 4.69) is 81.4 Å². The zero-order valence-electron chi connectivity index (χ0n) is 26.1. The van der Waals surface area contributed by atoms with Gasteiger partial charge in [-0.15, -0.1) is 0 Å². The van der Waals surface area contributed by atoms with Crippen molar-refractivity contribution in [2.75, 3.05) is 6.54 Å². The molecule has 0 aromatic heterocycles. The number of carbonyl (C=O) groups excluding carboxylic acids is 1. The van der Waals surface area contributed by atoms with E-state index in [0.29, 0.717) is 36.9 Å². The molecule has 1 aliphatic heterocycles. The van der Waals surface area contributed by atoms with Gasteiger partial charge in [0.15, 0.2) is 0 Å². The van der Waals surface area contributed by atoms with Gasteiger partial charge in [0.2, 0.25) is 10.4 Å². The van der Waals surface area contributed by atoms with Crippen LogP contribution in [0, 0.1) is 11.2 Å². The highest BCUT2D eigenvalue weighted by Crippen LogP contribution is 2.52. The van der Waals surface area contributed by atoms with Crippen molar-refractivity contribution in [1.29, 1.82) is 0 Å². The van der Waals surface area contributed by atoms with Gasteiger partial charge in [-0.3, -0.25) is 4.79 Å². The molecule has 234 valence electrons. The van der Waals surface area contributed by atoms with Gasteiger partial charge in [0.05, 0.1) is 5.41 Å². The van der Waals surface area contributed by atoms with Gasteiger partial charge >= 0.3 is 0 Å². The Hall–Kier alpha value is -2.96. The summed E-state index contributed by atoms with van der Waals surface area (Å²) in [6.45, 7) is 7.29. The molecular weight excluding hydrogens is 620 g/mol. The van der Waals surface area contributed by atoms with Gasteiger partial charge in [-0.1, -0.05) is 147 Å². The fraction of sp³-hybridized carbons (Fsp3) is 0.342. The first kappa shape index (κ1) is 32.0. The first-order chi connectivity index (χ1) is 21.5. The summed E-state index contributed by atoms with van der Waals surface area (Å²) in [5.41, 5.74) is 1.05. The maximum Gasteiger partial charge on any atom is 0.261 e. The molecule has 6 rings (SSSR count). The van der Waals surface area contributed by atoms with Crippen molar-refractivity contribution in [1.82, 2.24) is 4.90 Å². The van der Waals surface area contributed by atoms with E-state index >= 15 is 4.39 Å². The average molecular weight is 661 g/mol. The molecule has 0 atom stereocenters. The van der Waals surface area contributed by atoms with Crippen molar-refractivity contribution in [2.24, 2.45) is 5.41 Å². The van der Waals surface area contributed by atoms with Crippen LogP contribution in [0.5, 0.6) is 0 Å². The second kappa shape index (κ2) is 12.3. The molecular formula is C38H40Cl2FNO2Si. The molecule has 0 bridgehead atoms. The Balaban J connectivity index is 1.21. The van der Waals surface area contributed by atoms with Crippen molar-refractivity contribution >= 4 is 47.8 Å². The van der Waals surface area contributed by atoms with E-state index in [-0.39, 0.29) is 17.0 Å². The van der Waals surface area contributed by atoms with Crippen LogP contribution < -0.4 is 10.4 Å². The molecule has 0 radical (unpaired) electrons. The normalized spacial score (nSPS) is 21.0. The summed E-state index contributed by atoms with van der Waals surface area (Å²) in [7, 11) is -2.70. The maximum absolute atomic E-state index is 15.3. The van der Waals surface area contributed by atoms with Crippen LogP contribution in [0.3, 0.4) is 0 Å². The Kier molecular flexibility index (Phi) is 8.77. The van der Waals surface area contributed by atoms with Crippen LogP contribution in [-0.2, 0) is 13.7 Å². The summed E-state index contributed by atoms with van der Waals surface area (Å²) in [5.74, 6) is -0.476. The van der Waals surface area contributed by atoms with Gasteiger partial charge in [-0.2, -0.15) is 0 Å². The van der Waals surface area contributed by atoms with Gasteiger partial charge < -0.3 is 9.33 Å². The third-order valence-electron chi connectivity index (χ3n) is 9.90. The fourth-order valence-corrected chi connectivity index (χ4v) is 12.8. The molecule has 4 aromatic rings. The lowest BCUT2D eigenvalue weighted by atomic mass is 9.72. The lowest BCUT2D eigenvalue weighted by Gasteiger charge is -2.47. The standard InChI is InChI=1S/C38H40Cl2FNO2Si/c1-36(2,3)45(31-15-9-5-10-16-31,32-17-11-6-12-18-32)44-30-21-23-37(24-22-30)25-26-42(35(37)43)38(39,40)29-19-20-33(34(41)27-29)28-13-7-4-8-14-28/h4-20,27,30H,21-26H2,1-3H3. The highest BCUT2D eigenvalue weighted by atomic mass is 35.5. The number of carbonyl (C=O) groups is 1. The van der Waals surface area contributed by atoms with E-state index in [1.54, 1.807) is 12.1 Å². The van der Waals surface area contributed by atoms with E-state index in [0.717, 1.165) is 18.4 Å². The molecule has 1 heterocycles. The van der Waals surface area contributed by atoms with Gasteiger partial charge in [-0.05, 0) is 59.1 Å². The van der Waals surface area contributed by atoms with Crippen LogP contribution in [-0.4, -0.2) is 31.8 Å². The predicted octanol–water partition coefficient (Wildman–Crippen LogP) is 8.82. The lowest BCUT2D eigenvalue weighted by molar-refractivity contribution is -0.140. The molecule has 1 aliphatic carbocycles. The molecule has 1 saturated heterocycles. The minimum atomic E-state index is -2.70. The number of hydrogen-bond acceptors (Lipinski definition) is 2.